The summed E-state index contributed by atoms with van der Waals surface area (Å²) in [5.74, 6) is 1.30. The summed E-state index contributed by atoms with van der Waals surface area (Å²) in [4.78, 5) is 34.9. The van der Waals surface area contributed by atoms with Crippen LogP contribution in [0.25, 0.3) is 0 Å². The van der Waals surface area contributed by atoms with Gasteiger partial charge >= 0.3 is 0 Å². The van der Waals surface area contributed by atoms with Crippen LogP contribution < -0.4 is 19.5 Å². The third kappa shape index (κ3) is 6.08. The molecule has 0 aliphatic carbocycles. The number of likely N-dealkylation sites (N-methyl/N-ethyl adjacent to an activating group) is 1. The van der Waals surface area contributed by atoms with E-state index >= 15 is 0 Å². The number of benzene rings is 2. The van der Waals surface area contributed by atoms with E-state index < -0.39 is 0 Å². The molecule has 0 aromatic heterocycles. The third-order valence-corrected chi connectivity index (χ3v) is 7.83. The Labute approximate surface area is 234 Å². The lowest BCUT2D eigenvalue weighted by Gasteiger charge is -2.38. The van der Waals surface area contributed by atoms with Crippen LogP contribution in [0.1, 0.15) is 42.6 Å². The van der Waals surface area contributed by atoms with Crippen molar-refractivity contribution >= 4 is 23.7 Å². The second-order valence-electron chi connectivity index (χ2n) is 11.0. The maximum absolute atomic E-state index is 13.7. The van der Waals surface area contributed by atoms with Crippen LogP contribution in [0.3, 0.4) is 0 Å². The average Bonchev–Trinajstić information content (AvgIpc) is 3.43. The van der Waals surface area contributed by atoms with E-state index in [1.807, 2.05) is 32.2 Å². The van der Waals surface area contributed by atoms with Crippen molar-refractivity contribution in [2.45, 2.75) is 45.4 Å². The first-order chi connectivity index (χ1) is 19.3. The van der Waals surface area contributed by atoms with Crippen LogP contribution in [-0.2, 0) is 11.3 Å². The lowest BCUT2D eigenvalue weighted by Crippen LogP contribution is -2.49. The molecule has 3 aliphatic heterocycles. The zero-order valence-electron chi connectivity index (χ0n) is 23.3. The summed E-state index contributed by atoms with van der Waals surface area (Å²) < 4.78 is 17.6. The summed E-state index contributed by atoms with van der Waals surface area (Å²) in [6, 6.07) is 10.8. The van der Waals surface area contributed by atoms with Crippen molar-refractivity contribution in [3.63, 3.8) is 0 Å². The molecule has 2 amide bonds. The van der Waals surface area contributed by atoms with E-state index in [1.54, 1.807) is 29.3 Å². The number of carbonyl (C=O) groups excluding carboxylic acids is 2. The number of rotatable bonds is 8. The Bertz CT molecular complexity index is 1270. The van der Waals surface area contributed by atoms with Gasteiger partial charge in [0.1, 0.15) is 6.10 Å². The van der Waals surface area contributed by atoms with Crippen molar-refractivity contribution in [3.05, 3.63) is 47.5 Å². The molecule has 0 spiro atoms. The zero-order chi connectivity index (χ0) is 28.2. The summed E-state index contributed by atoms with van der Waals surface area (Å²) in [6.45, 7) is 6.27. The summed E-state index contributed by atoms with van der Waals surface area (Å²) in [6.07, 6.45) is 2.78. The van der Waals surface area contributed by atoms with Gasteiger partial charge in [0.2, 0.25) is 12.7 Å². The van der Waals surface area contributed by atoms with E-state index in [2.05, 4.69) is 22.1 Å². The Morgan fingerprint density at radius 1 is 1.25 bits per heavy atom. The number of ether oxygens (including phenoxy) is 3. The van der Waals surface area contributed by atoms with Crippen molar-refractivity contribution in [2.24, 2.45) is 16.8 Å². The van der Waals surface area contributed by atoms with Gasteiger partial charge in [0.05, 0.1) is 23.9 Å². The molecule has 0 fully saturated rings. The number of para-hydroxylation sites is 1. The Morgan fingerprint density at radius 2 is 2.08 bits per heavy atom. The first kappa shape index (κ1) is 27.9. The molecule has 3 heterocycles. The van der Waals surface area contributed by atoms with Crippen molar-refractivity contribution in [1.82, 2.24) is 9.80 Å². The second-order valence-corrected chi connectivity index (χ2v) is 11.0. The highest BCUT2D eigenvalue weighted by Gasteiger charge is 2.35. The van der Waals surface area contributed by atoms with E-state index in [-0.39, 0.29) is 49.2 Å². The molecule has 0 saturated carbocycles. The molecule has 10 nitrogen and oxygen atoms in total. The fourth-order valence-corrected chi connectivity index (χ4v) is 5.40. The number of aliphatic hydroxyl groups is 1. The zero-order valence-corrected chi connectivity index (χ0v) is 23.3. The smallest absolute Gasteiger partial charge is 0.258 e. The van der Waals surface area contributed by atoms with Crippen molar-refractivity contribution in [1.29, 1.82) is 0 Å². The van der Waals surface area contributed by atoms with Gasteiger partial charge in [-0.25, -0.2) is 0 Å². The summed E-state index contributed by atoms with van der Waals surface area (Å²) in [5, 5.41) is 13.0. The highest BCUT2D eigenvalue weighted by molar-refractivity contribution is 6.02. The van der Waals surface area contributed by atoms with Gasteiger partial charge in [0.15, 0.2) is 17.2 Å². The van der Waals surface area contributed by atoms with Gasteiger partial charge in [0.25, 0.3) is 5.91 Å². The molecule has 1 unspecified atom stereocenters. The maximum atomic E-state index is 13.7. The first-order valence-corrected chi connectivity index (χ1v) is 13.9. The minimum absolute atomic E-state index is 0.0522. The Kier molecular flexibility index (Phi) is 8.56. The molecular weight excluding hydrogens is 512 g/mol. The number of anilines is 1. The number of hydrogen-bond donors (Lipinski definition) is 2. The van der Waals surface area contributed by atoms with E-state index in [0.717, 1.165) is 17.1 Å². The number of aliphatic hydroxyl groups excluding tert-OH is 1. The van der Waals surface area contributed by atoms with Crippen LogP contribution >= 0.6 is 0 Å². The van der Waals surface area contributed by atoms with Crippen LogP contribution in [0.2, 0.25) is 0 Å². The minimum atomic E-state index is -0.368. The number of hydrogen-bond acceptors (Lipinski definition) is 8. The van der Waals surface area contributed by atoms with E-state index in [4.69, 9.17) is 14.2 Å². The molecule has 0 radical (unpaired) electrons. The lowest BCUT2D eigenvalue weighted by atomic mass is 9.97. The fourth-order valence-electron chi connectivity index (χ4n) is 5.40. The number of carbonyl (C=O) groups is 2. The monoisotopic (exact) mass is 550 g/mol. The predicted octanol–water partition coefficient (Wildman–Crippen LogP) is 3.19. The Balaban J connectivity index is 1.41. The molecule has 2 aromatic rings. The normalized spacial score (nSPS) is 22.8. The molecule has 0 bridgehead atoms. The SMILES string of the molecule is C[C@@H]1CN([C@@H](C)CO)C(=O)c2cccc(NC(=O)C3CC=NCC3)c2O[C@H]1CN(C)Cc1ccc2c(c1)OCO2. The maximum Gasteiger partial charge on any atom is 0.258 e. The van der Waals surface area contributed by atoms with Gasteiger partial charge in [-0.2, -0.15) is 0 Å². The molecule has 5 rings (SSSR count). The van der Waals surface area contributed by atoms with Gasteiger partial charge in [-0.3, -0.25) is 19.5 Å². The summed E-state index contributed by atoms with van der Waals surface area (Å²) in [5.41, 5.74) is 1.94. The predicted molar refractivity (Wildman–Crippen MR) is 151 cm³/mol. The van der Waals surface area contributed by atoms with Crippen LogP contribution in [0.4, 0.5) is 5.69 Å². The number of nitrogens with zero attached hydrogens (tertiary/aromatic N) is 3. The number of fused-ring (bicyclic) bond motifs is 2. The van der Waals surface area contributed by atoms with E-state index in [9.17, 15) is 14.7 Å². The van der Waals surface area contributed by atoms with Crippen molar-refractivity contribution in [2.75, 3.05) is 45.4 Å². The van der Waals surface area contributed by atoms with Gasteiger partial charge < -0.3 is 29.5 Å². The lowest BCUT2D eigenvalue weighted by molar-refractivity contribution is -0.119. The second kappa shape index (κ2) is 12.3. The molecule has 4 atom stereocenters. The number of amides is 2. The topological polar surface area (TPSA) is 113 Å². The largest absolute Gasteiger partial charge is 0.486 e. The van der Waals surface area contributed by atoms with Crippen LogP contribution in [0.5, 0.6) is 17.2 Å². The van der Waals surface area contributed by atoms with Crippen molar-refractivity contribution in [3.8, 4) is 17.2 Å². The highest BCUT2D eigenvalue weighted by Crippen LogP contribution is 2.36. The molecule has 10 heteroatoms. The minimum Gasteiger partial charge on any atom is -0.486 e. The molecule has 3 aliphatic rings. The van der Waals surface area contributed by atoms with E-state index in [0.29, 0.717) is 56.0 Å². The van der Waals surface area contributed by atoms with Crippen molar-refractivity contribution < 1.29 is 28.9 Å². The molecule has 40 heavy (non-hydrogen) atoms. The third-order valence-electron chi connectivity index (χ3n) is 7.83. The molecule has 2 aromatic carbocycles. The van der Waals surface area contributed by atoms with E-state index in [1.165, 1.54) is 0 Å². The summed E-state index contributed by atoms with van der Waals surface area (Å²) in [7, 11) is 2.03. The molecule has 2 N–H and O–H groups in total. The van der Waals surface area contributed by atoms with Crippen LogP contribution in [0, 0.1) is 11.8 Å². The number of aliphatic imine (C=N–C) groups is 1. The first-order valence-electron chi connectivity index (χ1n) is 13.9. The summed E-state index contributed by atoms with van der Waals surface area (Å²) >= 11 is 0. The van der Waals surface area contributed by atoms with Crippen LogP contribution in [-0.4, -0.2) is 85.2 Å². The van der Waals surface area contributed by atoms with Gasteiger partial charge in [0, 0.05) is 38.0 Å². The average molecular weight is 551 g/mol. The number of nitrogens with one attached hydrogen (secondary N) is 1. The quantitative estimate of drug-likeness (QED) is 0.519. The molecule has 214 valence electrons. The molecular formula is C30H38N4O6. The standard InChI is InChI=1S/C30H38N4O6/c1-19-14-34(20(2)17-35)30(37)23-5-4-6-24(32-29(36)22-9-11-31-12-10-22)28(23)40-27(19)16-33(3)15-21-7-8-25-26(13-21)39-18-38-25/h4-8,11,13,19-20,22,27,35H,9-10,12,14-18H2,1-3H3,(H,32,36)/t19-,20+,22?,27+/m1/s1. The van der Waals surface area contributed by atoms with Crippen LogP contribution in [0.15, 0.2) is 41.4 Å². The fraction of sp³-hybridized carbons (Fsp3) is 0.500. The molecule has 0 saturated heterocycles. The Morgan fingerprint density at radius 3 is 2.85 bits per heavy atom. The van der Waals surface area contributed by atoms with Gasteiger partial charge in [-0.1, -0.05) is 19.1 Å². The Hall–Kier alpha value is -3.63. The highest BCUT2D eigenvalue weighted by atomic mass is 16.7. The van der Waals surface area contributed by atoms with Gasteiger partial charge in [-0.05, 0) is 62.9 Å². The van der Waals surface area contributed by atoms with Gasteiger partial charge in [-0.15, -0.1) is 0 Å².